The predicted molar refractivity (Wildman–Crippen MR) is 58.3 cm³/mol. The van der Waals surface area contributed by atoms with Gasteiger partial charge in [-0.2, -0.15) is 0 Å². The van der Waals surface area contributed by atoms with Crippen LogP contribution in [0.1, 0.15) is 13.8 Å². The molecule has 0 aliphatic heterocycles. The van der Waals surface area contributed by atoms with E-state index >= 15 is 0 Å². The maximum Gasteiger partial charge on any atom is 0.374 e. The molecule has 0 fully saturated rings. The number of methoxy groups -OCH3 is 2. The maximum absolute atomic E-state index is 11.6. The van der Waals surface area contributed by atoms with E-state index in [2.05, 4.69) is 14.2 Å². The van der Waals surface area contributed by atoms with Gasteiger partial charge in [-0.1, -0.05) is 6.92 Å². The van der Waals surface area contributed by atoms with Crippen molar-refractivity contribution in [2.45, 2.75) is 13.8 Å². The molecule has 0 aromatic heterocycles. The summed E-state index contributed by atoms with van der Waals surface area (Å²) < 4.78 is 13.3. The first-order chi connectivity index (χ1) is 8.40. The third-order valence-corrected chi connectivity index (χ3v) is 2.30. The van der Waals surface area contributed by atoms with Crippen LogP contribution in [0, 0.1) is 11.8 Å². The Morgan fingerprint density at radius 3 is 1.78 bits per heavy atom. The summed E-state index contributed by atoms with van der Waals surface area (Å²) >= 11 is 0. The summed E-state index contributed by atoms with van der Waals surface area (Å²) in [7, 11) is 2.14. The number of hydrogen-bond acceptors (Lipinski definition) is 7. The van der Waals surface area contributed by atoms with Crippen LogP contribution in [-0.2, 0) is 33.4 Å². The van der Waals surface area contributed by atoms with Crippen molar-refractivity contribution in [3.8, 4) is 0 Å². The van der Waals surface area contributed by atoms with E-state index in [0.717, 1.165) is 14.2 Å². The van der Waals surface area contributed by atoms with Gasteiger partial charge in [0.1, 0.15) is 0 Å². The van der Waals surface area contributed by atoms with Gasteiger partial charge in [-0.3, -0.25) is 14.4 Å². The molecule has 0 spiro atoms. The Balaban J connectivity index is 5.02. The van der Waals surface area contributed by atoms with Crippen LogP contribution in [0.5, 0.6) is 0 Å². The van der Waals surface area contributed by atoms with Crippen LogP contribution in [-0.4, -0.2) is 44.5 Å². The number of rotatable bonds is 6. The predicted octanol–water partition coefficient (Wildman–Crippen LogP) is -0.283. The Kier molecular flexibility index (Phi) is 6.62. The molecule has 0 radical (unpaired) electrons. The Bertz CT molecular complexity index is 331. The highest BCUT2D eigenvalue weighted by Crippen LogP contribution is 2.17. The van der Waals surface area contributed by atoms with Crippen molar-refractivity contribution in [3.63, 3.8) is 0 Å². The normalized spacial score (nSPS) is 11.6. The Morgan fingerprint density at radius 2 is 1.44 bits per heavy atom. The average Bonchev–Trinajstić information content (AvgIpc) is 2.37. The first-order valence-corrected chi connectivity index (χ1v) is 5.27. The first-order valence-electron chi connectivity index (χ1n) is 5.27. The molecule has 0 saturated carbocycles. The molecular formula is C11H16O7. The Hall–Kier alpha value is -1.92. The zero-order valence-corrected chi connectivity index (χ0v) is 10.7. The summed E-state index contributed by atoms with van der Waals surface area (Å²) in [5, 5.41) is 0. The van der Waals surface area contributed by atoms with Crippen molar-refractivity contribution in [1.82, 2.24) is 0 Å². The lowest BCUT2D eigenvalue weighted by molar-refractivity contribution is -0.165. The Morgan fingerprint density at radius 1 is 1.00 bits per heavy atom. The number of carbonyl (C=O) groups is 4. The van der Waals surface area contributed by atoms with Crippen molar-refractivity contribution >= 4 is 23.7 Å². The molecule has 7 nitrogen and oxygen atoms in total. The molecule has 0 aromatic carbocycles. The summed E-state index contributed by atoms with van der Waals surface area (Å²) in [6, 6.07) is 0. The minimum Gasteiger partial charge on any atom is -0.468 e. The number of Topliss-reactive ketones (excluding diaryl/α,β-unsaturated/α-hetero) is 1. The molecule has 7 heteroatoms. The summed E-state index contributed by atoms with van der Waals surface area (Å²) in [6.07, 6.45) is 0. The van der Waals surface area contributed by atoms with Crippen molar-refractivity contribution in [2.24, 2.45) is 11.8 Å². The molecule has 0 saturated heterocycles. The van der Waals surface area contributed by atoms with Gasteiger partial charge in [-0.15, -0.1) is 0 Å². The summed E-state index contributed by atoms with van der Waals surface area (Å²) in [4.78, 5) is 45.7. The molecule has 0 aromatic rings. The SMILES string of the molecule is CCOC(=O)C(=O)[C@H](C)C(C(=O)OC)C(=O)OC. The third-order valence-electron chi connectivity index (χ3n) is 2.30. The quantitative estimate of drug-likeness (QED) is 0.280. The highest BCUT2D eigenvalue weighted by Gasteiger charge is 2.40. The van der Waals surface area contributed by atoms with E-state index in [0.29, 0.717) is 0 Å². The van der Waals surface area contributed by atoms with Gasteiger partial charge >= 0.3 is 17.9 Å². The highest BCUT2D eigenvalue weighted by molar-refractivity contribution is 6.35. The molecule has 0 amide bonds. The topological polar surface area (TPSA) is 96.0 Å². The Labute approximate surface area is 104 Å². The zero-order valence-electron chi connectivity index (χ0n) is 10.7. The van der Waals surface area contributed by atoms with Crippen LogP contribution in [0.4, 0.5) is 0 Å². The van der Waals surface area contributed by atoms with Crippen LogP contribution in [0.2, 0.25) is 0 Å². The van der Waals surface area contributed by atoms with Crippen LogP contribution in [0.25, 0.3) is 0 Å². The molecule has 0 rings (SSSR count). The molecule has 0 N–H and O–H groups in total. The van der Waals surface area contributed by atoms with Crippen LogP contribution >= 0.6 is 0 Å². The van der Waals surface area contributed by atoms with Gasteiger partial charge in [-0.05, 0) is 6.92 Å². The number of carbonyl (C=O) groups excluding carboxylic acids is 4. The van der Waals surface area contributed by atoms with Crippen molar-refractivity contribution in [2.75, 3.05) is 20.8 Å². The minimum absolute atomic E-state index is 0.0262. The van der Waals surface area contributed by atoms with Crippen LogP contribution < -0.4 is 0 Å². The van der Waals surface area contributed by atoms with E-state index in [9.17, 15) is 19.2 Å². The van der Waals surface area contributed by atoms with E-state index in [4.69, 9.17) is 0 Å². The second-order valence-electron chi connectivity index (χ2n) is 3.40. The summed E-state index contributed by atoms with van der Waals surface area (Å²) in [5.41, 5.74) is 0. The lowest BCUT2D eigenvalue weighted by Gasteiger charge is -2.17. The second kappa shape index (κ2) is 7.41. The van der Waals surface area contributed by atoms with Gasteiger partial charge in [0.25, 0.3) is 0 Å². The van der Waals surface area contributed by atoms with Gasteiger partial charge in [-0.25, -0.2) is 4.79 Å². The van der Waals surface area contributed by atoms with Crippen molar-refractivity contribution in [1.29, 1.82) is 0 Å². The molecule has 18 heavy (non-hydrogen) atoms. The van der Waals surface area contributed by atoms with E-state index in [-0.39, 0.29) is 6.61 Å². The molecule has 0 heterocycles. The fourth-order valence-electron chi connectivity index (χ4n) is 1.30. The number of hydrogen-bond donors (Lipinski definition) is 0. The van der Waals surface area contributed by atoms with Crippen LogP contribution in [0.3, 0.4) is 0 Å². The lowest BCUT2D eigenvalue weighted by Crippen LogP contribution is -2.39. The smallest absolute Gasteiger partial charge is 0.374 e. The molecule has 0 aliphatic rings. The monoisotopic (exact) mass is 260 g/mol. The number of ether oxygens (including phenoxy) is 3. The third kappa shape index (κ3) is 3.83. The van der Waals surface area contributed by atoms with Gasteiger partial charge in [0.15, 0.2) is 5.92 Å². The summed E-state index contributed by atoms with van der Waals surface area (Å²) in [6.45, 7) is 2.82. The fourth-order valence-corrected chi connectivity index (χ4v) is 1.30. The fraction of sp³-hybridized carbons (Fsp3) is 0.636. The van der Waals surface area contributed by atoms with Gasteiger partial charge in [0, 0.05) is 0 Å². The van der Waals surface area contributed by atoms with Crippen molar-refractivity contribution in [3.05, 3.63) is 0 Å². The van der Waals surface area contributed by atoms with Crippen molar-refractivity contribution < 1.29 is 33.4 Å². The van der Waals surface area contributed by atoms with Crippen LogP contribution in [0.15, 0.2) is 0 Å². The molecule has 0 unspecified atom stereocenters. The minimum atomic E-state index is -1.48. The largest absolute Gasteiger partial charge is 0.468 e. The van der Waals surface area contributed by atoms with E-state index in [1.165, 1.54) is 13.8 Å². The second-order valence-corrected chi connectivity index (χ2v) is 3.40. The lowest BCUT2D eigenvalue weighted by atomic mass is 9.90. The molecule has 0 aliphatic carbocycles. The summed E-state index contributed by atoms with van der Waals surface area (Å²) in [5.74, 6) is -6.62. The zero-order chi connectivity index (χ0) is 14.3. The number of ketones is 1. The standard InChI is InChI=1S/C11H16O7/c1-5-18-11(15)8(12)6(2)7(9(13)16-3)10(14)17-4/h6-7H,5H2,1-4H3/t6-/m1/s1. The van der Waals surface area contributed by atoms with Gasteiger partial charge in [0.2, 0.25) is 5.78 Å². The molecule has 1 atom stereocenters. The average molecular weight is 260 g/mol. The molecular weight excluding hydrogens is 244 g/mol. The van der Waals surface area contributed by atoms with E-state index in [1.54, 1.807) is 0 Å². The van der Waals surface area contributed by atoms with Gasteiger partial charge < -0.3 is 14.2 Å². The molecule has 102 valence electrons. The molecule has 0 bridgehead atoms. The maximum atomic E-state index is 11.6. The number of esters is 3. The van der Waals surface area contributed by atoms with E-state index in [1.807, 2.05) is 0 Å². The van der Waals surface area contributed by atoms with E-state index < -0.39 is 35.5 Å². The highest BCUT2D eigenvalue weighted by atomic mass is 16.5. The van der Waals surface area contributed by atoms with Gasteiger partial charge in [0.05, 0.1) is 26.7 Å². The first kappa shape index (κ1) is 16.1.